The van der Waals surface area contributed by atoms with Crippen molar-refractivity contribution in [1.29, 1.82) is 0 Å². The lowest BCUT2D eigenvalue weighted by Crippen LogP contribution is -2.41. The van der Waals surface area contributed by atoms with E-state index in [0.29, 0.717) is 32.8 Å². The monoisotopic (exact) mass is 414 g/mol. The number of benzene rings is 2. The highest BCUT2D eigenvalue weighted by molar-refractivity contribution is 7.88. The van der Waals surface area contributed by atoms with Crippen LogP contribution in [-0.2, 0) is 37.3 Å². The van der Waals surface area contributed by atoms with E-state index in [4.69, 9.17) is 4.74 Å². The maximum absolute atomic E-state index is 12.9. The molecule has 1 amide bonds. The lowest BCUT2D eigenvalue weighted by molar-refractivity contribution is -0.123. The minimum Gasteiger partial charge on any atom is -0.379 e. The van der Waals surface area contributed by atoms with Gasteiger partial charge in [0.05, 0.1) is 24.4 Å². The predicted octanol–water partition coefficient (Wildman–Crippen LogP) is 2.20. The second kappa shape index (κ2) is 8.26. The molecule has 2 aromatic rings. The van der Waals surface area contributed by atoms with Crippen LogP contribution >= 0.6 is 0 Å². The number of carbonyl (C=O) groups excluding carboxylic acids is 1. The summed E-state index contributed by atoms with van der Waals surface area (Å²) < 4.78 is 32.3. The molecule has 0 bridgehead atoms. The summed E-state index contributed by atoms with van der Waals surface area (Å²) in [6.45, 7) is 1.96. The van der Waals surface area contributed by atoms with Crippen molar-refractivity contribution >= 4 is 15.9 Å². The van der Waals surface area contributed by atoms with Crippen LogP contribution in [0.15, 0.2) is 54.6 Å². The second-order valence-corrected chi connectivity index (χ2v) is 9.64. The Hall–Kier alpha value is -2.22. The molecule has 0 spiro atoms. The summed E-state index contributed by atoms with van der Waals surface area (Å²) in [5.41, 5.74) is 2.17. The minimum atomic E-state index is -3.42. The van der Waals surface area contributed by atoms with Gasteiger partial charge in [-0.25, -0.2) is 8.42 Å². The van der Waals surface area contributed by atoms with E-state index in [-0.39, 0.29) is 11.7 Å². The van der Waals surface area contributed by atoms with Crippen molar-refractivity contribution in [2.75, 3.05) is 26.3 Å². The zero-order valence-electron chi connectivity index (χ0n) is 16.3. The van der Waals surface area contributed by atoms with Gasteiger partial charge in [-0.1, -0.05) is 54.6 Å². The van der Waals surface area contributed by atoms with Crippen LogP contribution < -0.4 is 5.32 Å². The Kier molecular flexibility index (Phi) is 5.72. The highest BCUT2D eigenvalue weighted by Crippen LogP contribution is 2.48. The largest absolute Gasteiger partial charge is 0.379 e. The number of morpholine rings is 1. The van der Waals surface area contributed by atoms with Gasteiger partial charge in [-0.05, 0) is 29.5 Å². The predicted molar refractivity (Wildman–Crippen MR) is 111 cm³/mol. The third-order valence-corrected chi connectivity index (χ3v) is 7.60. The highest BCUT2D eigenvalue weighted by atomic mass is 32.2. The molecule has 0 atom stereocenters. The smallest absolute Gasteiger partial charge is 0.230 e. The first kappa shape index (κ1) is 20.1. The SMILES string of the molecule is O=C(NCc1ccccc1CS(=O)(=O)N1CCOCC1)C1(c2ccccc2)CC1. The Labute approximate surface area is 171 Å². The molecule has 6 nitrogen and oxygen atoms in total. The van der Waals surface area contributed by atoms with E-state index < -0.39 is 15.4 Å². The molecule has 1 aliphatic heterocycles. The molecule has 154 valence electrons. The van der Waals surface area contributed by atoms with Gasteiger partial charge in [0.2, 0.25) is 15.9 Å². The molecule has 2 fully saturated rings. The van der Waals surface area contributed by atoms with Crippen molar-refractivity contribution in [2.45, 2.75) is 30.6 Å². The van der Waals surface area contributed by atoms with Crippen LogP contribution in [0, 0.1) is 0 Å². The van der Waals surface area contributed by atoms with Gasteiger partial charge in [-0.15, -0.1) is 0 Å². The van der Waals surface area contributed by atoms with Crippen molar-refractivity contribution < 1.29 is 17.9 Å². The third kappa shape index (κ3) is 4.37. The summed E-state index contributed by atoms with van der Waals surface area (Å²) in [5.74, 6) is -0.0578. The number of nitrogens with zero attached hydrogens (tertiary/aromatic N) is 1. The Bertz CT molecular complexity index is 965. The van der Waals surface area contributed by atoms with Crippen LogP contribution in [0.3, 0.4) is 0 Å². The molecule has 1 saturated carbocycles. The van der Waals surface area contributed by atoms with Gasteiger partial charge >= 0.3 is 0 Å². The average Bonchev–Trinajstić information content (AvgIpc) is 3.56. The van der Waals surface area contributed by atoms with Crippen molar-refractivity contribution in [3.8, 4) is 0 Å². The molecular formula is C22H26N2O4S. The average molecular weight is 415 g/mol. The van der Waals surface area contributed by atoms with E-state index in [9.17, 15) is 13.2 Å². The molecule has 1 N–H and O–H groups in total. The molecule has 0 radical (unpaired) electrons. The van der Waals surface area contributed by atoms with Crippen molar-refractivity contribution in [3.05, 3.63) is 71.3 Å². The molecule has 1 heterocycles. The zero-order valence-corrected chi connectivity index (χ0v) is 17.2. The van der Waals surface area contributed by atoms with E-state index >= 15 is 0 Å². The van der Waals surface area contributed by atoms with E-state index in [1.165, 1.54) is 4.31 Å². The number of amides is 1. The topological polar surface area (TPSA) is 75.7 Å². The molecule has 0 unspecified atom stereocenters. The molecule has 2 aromatic carbocycles. The maximum atomic E-state index is 12.9. The lowest BCUT2D eigenvalue weighted by atomic mass is 9.95. The van der Waals surface area contributed by atoms with Gasteiger partial charge < -0.3 is 10.1 Å². The van der Waals surface area contributed by atoms with Crippen LogP contribution in [0.2, 0.25) is 0 Å². The van der Waals surface area contributed by atoms with Gasteiger partial charge in [0.15, 0.2) is 0 Å². The third-order valence-electron chi connectivity index (χ3n) is 5.77. The second-order valence-electron chi connectivity index (χ2n) is 7.67. The van der Waals surface area contributed by atoms with Crippen LogP contribution in [-0.4, -0.2) is 44.9 Å². The van der Waals surface area contributed by atoms with E-state index in [0.717, 1.165) is 29.5 Å². The molecular weight excluding hydrogens is 388 g/mol. The van der Waals surface area contributed by atoms with Crippen LogP contribution in [0.25, 0.3) is 0 Å². The zero-order chi connectivity index (χ0) is 20.3. The first-order valence-corrected chi connectivity index (χ1v) is 11.6. The van der Waals surface area contributed by atoms with Gasteiger partial charge in [0.1, 0.15) is 0 Å². The quantitative estimate of drug-likeness (QED) is 0.754. The first-order chi connectivity index (χ1) is 14.0. The Balaban J connectivity index is 1.44. The summed E-state index contributed by atoms with van der Waals surface area (Å²) in [4.78, 5) is 12.9. The number of nitrogens with one attached hydrogen (secondary N) is 1. The fraction of sp³-hybridized carbons (Fsp3) is 0.409. The summed E-state index contributed by atoms with van der Waals surface area (Å²) in [7, 11) is -3.42. The van der Waals surface area contributed by atoms with Gasteiger partial charge in [-0.3, -0.25) is 4.79 Å². The van der Waals surface area contributed by atoms with Crippen LogP contribution in [0.1, 0.15) is 29.5 Å². The number of carbonyl (C=O) groups is 1. The normalized spacial score (nSPS) is 18.9. The molecule has 1 aliphatic carbocycles. The summed E-state index contributed by atoms with van der Waals surface area (Å²) in [5, 5.41) is 3.04. The Morgan fingerprint density at radius 2 is 1.59 bits per heavy atom. The molecule has 1 saturated heterocycles. The molecule has 29 heavy (non-hydrogen) atoms. The van der Waals surface area contributed by atoms with Gasteiger partial charge in [0.25, 0.3) is 0 Å². The van der Waals surface area contributed by atoms with Gasteiger partial charge in [-0.2, -0.15) is 4.31 Å². The molecule has 7 heteroatoms. The van der Waals surface area contributed by atoms with Crippen LogP contribution in [0.4, 0.5) is 0 Å². The number of rotatable bonds is 7. The van der Waals surface area contributed by atoms with Gasteiger partial charge in [0, 0.05) is 19.6 Å². The Morgan fingerprint density at radius 3 is 2.24 bits per heavy atom. The van der Waals surface area contributed by atoms with Crippen LogP contribution in [0.5, 0.6) is 0 Å². The summed E-state index contributed by atoms with van der Waals surface area (Å²) in [6.07, 6.45) is 1.69. The van der Waals surface area contributed by atoms with Crippen molar-refractivity contribution in [2.24, 2.45) is 0 Å². The number of ether oxygens (including phenoxy) is 1. The standard InChI is InChI=1S/C22H26N2O4S/c25-21(22(10-11-22)20-8-2-1-3-9-20)23-16-18-6-4-5-7-19(18)17-29(26,27)24-12-14-28-15-13-24/h1-9H,10-17H2,(H,23,25). The van der Waals surface area contributed by atoms with Crippen molar-refractivity contribution in [1.82, 2.24) is 9.62 Å². The number of sulfonamides is 1. The first-order valence-electron chi connectivity index (χ1n) is 9.97. The highest BCUT2D eigenvalue weighted by Gasteiger charge is 2.50. The van der Waals surface area contributed by atoms with E-state index in [2.05, 4.69) is 5.32 Å². The molecule has 0 aromatic heterocycles. The minimum absolute atomic E-state index is 0.00883. The lowest BCUT2D eigenvalue weighted by Gasteiger charge is -2.26. The fourth-order valence-corrected chi connectivity index (χ4v) is 5.42. The summed E-state index contributed by atoms with van der Waals surface area (Å²) in [6, 6.07) is 17.3. The maximum Gasteiger partial charge on any atom is 0.230 e. The fourth-order valence-electron chi connectivity index (χ4n) is 3.86. The summed E-state index contributed by atoms with van der Waals surface area (Å²) >= 11 is 0. The number of hydrogen-bond donors (Lipinski definition) is 1. The van der Waals surface area contributed by atoms with E-state index in [1.807, 2.05) is 54.6 Å². The molecule has 2 aliphatic rings. The number of hydrogen-bond acceptors (Lipinski definition) is 4. The van der Waals surface area contributed by atoms with Crippen molar-refractivity contribution in [3.63, 3.8) is 0 Å². The van der Waals surface area contributed by atoms with E-state index in [1.54, 1.807) is 0 Å². The Morgan fingerprint density at radius 1 is 0.966 bits per heavy atom. The molecule has 4 rings (SSSR count).